The molecule has 0 saturated heterocycles. The molecule has 0 aliphatic carbocycles. The number of benzene rings is 1. The minimum Gasteiger partial charge on any atom is -0.469 e. The molecule has 0 radical (unpaired) electrons. The molecule has 0 fully saturated rings. The largest absolute Gasteiger partial charge is 0.469 e. The van der Waals surface area contributed by atoms with Crippen molar-refractivity contribution >= 4 is 17.5 Å². The number of hydrogen-bond acceptors (Lipinski definition) is 4. The fourth-order valence-electron chi connectivity index (χ4n) is 2.26. The molecule has 1 N–H and O–H groups in total. The van der Waals surface area contributed by atoms with E-state index in [1.165, 1.54) is 0 Å². The van der Waals surface area contributed by atoms with Crippen molar-refractivity contribution in [1.29, 1.82) is 0 Å². The molecule has 6 nitrogen and oxygen atoms in total. The molecule has 3 aromatic rings. The van der Waals surface area contributed by atoms with E-state index < -0.39 is 6.10 Å². The zero-order valence-corrected chi connectivity index (χ0v) is 14.4. The van der Waals surface area contributed by atoms with E-state index in [1.807, 2.05) is 42.5 Å². The minimum atomic E-state index is -0.715. The molecule has 25 heavy (non-hydrogen) atoms. The second-order valence-corrected chi connectivity index (χ2v) is 5.85. The lowest BCUT2D eigenvalue weighted by molar-refractivity contribution is -0.127. The molecule has 3 rings (SSSR count). The standard InChI is InChI=1S/C18H18ClN3O3/c1-13(17(23)20-10-9-15-8-5-11-24-15)25-18-16(19)12-22(21-18)14-6-3-2-4-7-14/h2-8,11-13H,9-10H2,1H3,(H,20,23)/t13-/m0/s1. The van der Waals surface area contributed by atoms with Crippen LogP contribution in [0.5, 0.6) is 5.88 Å². The Balaban J connectivity index is 1.56. The summed E-state index contributed by atoms with van der Waals surface area (Å²) in [4.78, 5) is 12.1. The predicted octanol–water partition coefficient (Wildman–Crippen LogP) is 3.24. The first-order valence-corrected chi connectivity index (χ1v) is 8.28. The Labute approximate surface area is 150 Å². The number of hydrogen-bond donors (Lipinski definition) is 1. The second kappa shape index (κ2) is 7.90. The van der Waals surface area contributed by atoms with E-state index in [-0.39, 0.29) is 11.8 Å². The zero-order valence-electron chi connectivity index (χ0n) is 13.7. The van der Waals surface area contributed by atoms with Crippen molar-refractivity contribution in [3.63, 3.8) is 0 Å². The van der Waals surface area contributed by atoms with E-state index in [4.69, 9.17) is 20.8 Å². The van der Waals surface area contributed by atoms with E-state index >= 15 is 0 Å². The maximum atomic E-state index is 12.1. The van der Waals surface area contributed by atoms with Gasteiger partial charge in [0.2, 0.25) is 0 Å². The molecule has 0 spiro atoms. The van der Waals surface area contributed by atoms with Crippen LogP contribution < -0.4 is 10.1 Å². The van der Waals surface area contributed by atoms with Gasteiger partial charge >= 0.3 is 0 Å². The fourth-order valence-corrected chi connectivity index (χ4v) is 2.43. The van der Waals surface area contributed by atoms with Crippen molar-refractivity contribution in [3.8, 4) is 11.6 Å². The number of carbonyl (C=O) groups is 1. The van der Waals surface area contributed by atoms with E-state index in [2.05, 4.69) is 10.4 Å². The Hall–Kier alpha value is -2.73. The van der Waals surface area contributed by atoms with Crippen LogP contribution in [0.1, 0.15) is 12.7 Å². The highest BCUT2D eigenvalue weighted by Crippen LogP contribution is 2.24. The van der Waals surface area contributed by atoms with Crippen LogP contribution in [0.3, 0.4) is 0 Å². The monoisotopic (exact) mass is 359 g/mol. The first-order chi connectivity index (χ1) is 12.1. The third-order valence-corrected chi connectivity index (χ3v) is 3.83. The fraction of sp³-hybridized carbons (Fsp3) is 0.222. The number of carbonyl (C=O) groups excluding carboxylic acids is 1. The highest BCUT2D eigenvalue weighted by molar-refractivity contribution is 6.31. The smallest absolute Gasteiger partial charge is 0.260 e. The van der Waals surface area contributed by atoms with Crippen LogP contribution in [0, 0.1) is 0 Å². The van der Waals surface area contributed by atoms with Gasteiger partial charge in [-0.15, -0.1) is 5.10 Å². The quantitative estimate of drug-likeness (QED) is 0.703. The van der Waals surface area contributed by atoms with E-state index in [0.717, 1.165) is 11.4 Å². The number of amides is 1. The summed E-state index contributed by atoms with van der Waals surface area (Å²) in [6.45, 7) is 2.12. The molecular formula is C18H18ClN3O3. The lowest BCUT2D eigenvalue weighted by Gasteiger charge is -2.12. The molecule has 0 bridgehead atoms. The van der Waals surface area contributed by atoms with Gasteiger partial charge in [-0.25, -0.2) is 4.68 Å². The van der Waals surface area contributed by atoms with Crippen molar-refractivity contribution in [2.45, 2.75) is 19.4 Å². The average Bonchev–Trinajstić information content (AvgIpc) is 3.26. The molecular weight excluding hydrogens is 342 g/mol. The number of nitrogens with zero attached hydrogens (tertiary/aromatic N) is 2. The number of rotatable bonds is 7. The topological polar surface area (TPSA) is 69.3 Å². The zero-order chi connectivity index (χ0) is 17.6. The predicted molar refractivity (Wildman–Crippen MR) is 94.1 cm³/mol. The van der Waals surface area contributed by atoms with Crippen LogP contribution in [0.2, 0.25) is 5.02 Å². The third-order valence-electron chi connectivity index (χ3n) is 3.57. The number of para-hydroxylation sites is 1. The average molecular weight is 360 g/mol. The van der Waals surface area contributed by atoms with E-state index in [9.17, 15) is 4.79 Å². The van der Waals surface area contributed by atoms with Gasteiger partial charge in [0, 0.05) is 13.0 Å². The summed E-state index contributed by atoms with van der Waals surface area (Å²) < 4.78 is 12.4. The summed E-state index contributed by atoms with van der Waals surface area (Å²) in [6.07, 6.45) is 3.16. The lowest BCUT2D eigenvalue weighted by Crippen LogP contribution is -2.37. The van der Waals surface area contributed by atoms with Gasteiger partial charge in [0.25, 0.3) is 11.8 Å². The third kappa shape index (κ3) is 4.42. The van der Waals surface area contributed by atoms with Crippen molar-refractivity contribution < 1.29 is 13.9 Å². The molecule has 0 unspecified atom stereocenters. The van der Waals surface area contributed by atoms with Crippen LogP contribution in [0.15, 0.2) is 59.3 Å². The van der Waals surface area contributed by atoms with Gasteiger partial charge in [-0.2, -0.15) is 0 Å². The van der Waals surface area contributed by atoms with Gasteiger partial charge in [-0.1, -0.05) is 29.8 Å². The summed E-state index contributed by atoms with van der Waals surface area (Å²) in [5.74, 6) is 0.801. The van der Waals surface area contributed by atoms with Crippen molar-refractivity contribution in [2.75, 3.05) is 6.54 Å². The lowest BCUT2D eigenvalue weighted by atomic mass is 10.3. The molecule has 7 heteroatoms. The van der Waals surface area contributed by atoms with E-state index in [1.54, 1.807) is 24.1 Å². The molecule has 0 aliphatic heterocycles. The van der Waals surface area contributed by atoms with Gasteiger partial charge in [0.05, 0.1) is 18.1 Å². The molecule has 0 saturated carbocycles. The maximum Gasteiger partial charge on any atom is 0.260 e. The Morgan fingerprint density at radius 3 is 2.84 bits per heavy atom. The van der Waals surface area contributed by atoms with Crippen LogP contribution in [-0.2, 0) is 11.2 Å². The number of aromatic nitrogens is 2. The van der Waals surface area contributed by atoms with Crippen molar-refractivity contribution in [3.05, 3.63) is 65.7 Å². The minimum absolute atomic E-state index is 0.221. The molecule has 2 aromatic heterocycles. The Morgan fingerprint density at radius 2 is 2.12 bits per heavy atom. The Morgan fingerprint density at radius 1 is 1.32 bits per heavy atom. The number of furan rings is 1. The summed E-state index contributed by atoms with van der Waals surface area (Å²) in [5, 5.41) is 7.43. The molecule has 130 valence electrons. The first-order valence-electron chi connectivity index (χ1n) is 7.91. The van der Waals surface area contributed by atoms with Crippen LogP contribution >= 0.6 is 11.6 Å². The number of nitrogens with one attached hydrogen (secondary N) is 1. The summed E-state index contributed by atoms with van der Waals surface area (Å²) in [6, 6.07) is 13.2. The number of ether oxygens (including phenoxy) is 1. The van der Waals surface area contributed by atoms with Gasteiger partial charge in [0.1, 0.15) is 10.8 Å². The summed E-state index contributed by atoms with van der Waals surface area (Å²) >= 11 is 6.16. The normalized spacial score (nSPS) is 11.9. The Kier molecular flexibility index (Phi) is 5.40. The van der Waals surface area contributed by atoms with Gasteiger partial charge in [-0.05, 0) is 31.2 Å². The molecule has 1 amide bonds. The summed E-state index contributed by atoms with van der Waals surface area (Å²) in [5.41, 5.74) is 0.856. The van der Waals surface area contributed by atoms with Crippen LogP contribution in [0.25, 0.3) is 5.69 Å². The van der Waals surface area contributed by atoms with Gasteiger partial charge in [-0.3, -0.25) is 4.79 Å². The second-order valence-electron chi connectivity index (χ2n) is 5.44. The van der Waals surface area contributed by atoms with Crippen LogP contribution in [0.4, 0.5) is 0 Å². The van der Waals surface area contributed by atoms with E-state index in [0.29, 0.717) is 18.0 Å². The van der Waals surface area contributed by atoms with Crippen molar-refractivity contribution in [1.82, 2.24) is 15.1 Å². The summed E-state index contributed by atoms with van der Waals surface area (Å²) in [7, 11) is 0. The Bertz CT molecular complexity index is 815. The molecule has 0 aliphatic rings. The van der Waals surface area contributed by atoms with Gasteiger partial charge in [0.15, 0.2) is 6.10 Å². The molecule has 2 heterocycles. The highest BCUT2D eigenvalue weighted by Gasteiger charge is 2.18. The molecule has 1 aromatic carbocycles. The SMILES string of the molecule is C[C@H](Oc1nn(-c2ccccc2)cc1Cl)C(=O)NCCc1ccco1. The first kappa shape index (κ1) is 17.1. The number of halogens is 1. The van der Waals surface area contributed by atoms with Crippen LogP contribution in [-0.4, -0.2) is 28.3 Å². The highest BCUT2D eigenvalue weighted by atomic mass is 35.5. The van der Waals surface area contributed by atoms with Gasteiger partial charge < -0.3 is 14.5 Å². The molecule has 1 atom stereocenters. The maximum absolute atomic E-state index is 12.1. The van der Waals surface area contributed by atoms with Crippen molar-refractivity contribution in [2.24, 2.45) is 0 Å².